The van der Waals surface area contributed by atoms with Gasteiger partial charge in [-0.15, -0.1) is 0 Å². The van der Waals surface area contributed by atoms with Gasteiger partial charge in [0.05, 0.1) is 11.4 Å². The molecule has 1 unspecified atom stereocenters. The largest absolute Gasteiger partial charge is 0.611 e. The van der Waals surface area contributed by atoms with Crippen LogP contribution in [0.25, 0.3) is 0 Å². The fourth-order valence-electron chi connectivity index (χ4n) is 2.16. The highest BCUT2D eigenvalue weighted by Crippen LogP contribution is 2.34. The van der Waals surface area contributed by atoms with E-state index in [2.05, 4.69) is 4.99 Å². The van der Waals surface area contributed by atoms with Crippen LogP contribution >= 0.6 is 11.8 Å². The topological polar surface area (TPSA) is 55.7 Å². The van der Waals surface area contributed by atoms with Gasteiger partial charge in [0.15, 0.2) is 10.1 Å². The normalized spacial score (nSPS) is 18.5. The van der Waals surface area contributed by atoms with E-state index < -0.39 is 58.4 Å². The Balaban J connectivity index is 2.44. The Labute approximate surface area is 156 Å². The summed E-state index contributed by atoms with van der Waals surface area (Å²) in [5.41, 5.74) is -0.644. The van der Waals surface area contributed by atoms with Crippen molar-refractivity contribution in [2.45, 2.75) is 24.2 Å². The van der Waals surface area contributed by atoms with Crippen molar-refractivity contribution < 1.29 is 40.1 Å². The lowest BCUT2D eigenvalue weighted by Crippen LogP contribution is -2.31. The van der Waals surface area contributed by atoms with Crippen LogP contribution in [-0.4, -0.2) is 46.0 Å². The maximum absolute atomic E-state index is 14.3. The number of nitrogens with zero attached hydrogens (tertiary/aromatic N) is 2. The molecule has 1 aliphatic rings. The standard InChI is InChI=1S/C14H11F7N2O2S2/c1-7-2-8(15)9(3-10(7)27(25)6-14(19,20)21)23-11(24)4-26-12(23)22-5-13(16,17)18/h2-3H,4-6H2,1H3. The molecule has 1 aromatic carbocycles. The minimum absolute atomic E-state index is 0.0492. The minimum atomic E-state index is -4.75. The number of carbonyl (C=O) groups excluding carboxylic acids is 1. The molecule has 0 spiro atoms. The van der Waals surface area contributed by atoms with Gasteiger partial charge in [0.25, 0.3) is 0 Å². The fraction of sp³-hybridized carbons (Fsp3) is 0.429. The van der Waals surface area contributed by atoms with Crippen LogP contribution in [0.5, 0.6) is 0 Å². The maximum atomic E-state index is 14.3. The monoisotopic (exact) mass is 436 g/mol. The average molecular weight is 436 g/mol. The lowest BCUT2D eigenvalue weighted by atomic mass is 10.2. The van der Waals surface area contributed by atoms with Crippen molar-refractivity contribution in [3.63, 3.8) is 0 Å². The third kappa shape index (κ3) is 5.75. The van der Waals surface area contributed by atoms with E-state index in [9.17, 15) is 40.1 Å². The number of anilines is 1. The van der Waals surface area contributed by atoms with Gasteiger partial charge < -0.3 is 4.55 Å². The van der Waals surface area contributed by atoms with Crippen LogP contribution < -0.4 is 4.90 Å². The highest BCUT2D eigenvalue weighted by molar-refractivity contribution is 8.15. The number of alkyl halides is 6. The van der Waals surface area contributed by atoms with E-state index in [0.29, 0.717) is 16.7 Å². The molecule has 2 rings (SSSR count). The molecule has 1 aromatic rings. The smallest absolute Gasteiger partial charge is 0.433 e. The predicted molar refractivity (Wildman–Crippen MR) is 86.8 cm³/mol. The summed E-state index contributed by atoms with van der Waals surface area (Å²) in [4.78, 5) is 15.4. The molecule has 0 radical (unpaired) electrons. The van der Waals surface area contributed by atoms with Crippen LogP contribution in [0.1, 0.15) is 5.56 Å². The first kappa shape index (κ1) is 21.8. The maximum Gasteiger partial charge on any atom is 0.433 e. The summed E-state index contributed by atoms with van der Waals surface area (Å²) >= 11 is -1.94. The fourth-order valence-corrected chi connectivity index (χ4v) is 4.14. The van der Waals surface area contributed by atoms with Gasteiger partial charge in [-0.05, 0) is 24.2 Å². The van der Waals surface area contributed by atoms with E-state index in [-0.39, 0.29) is 16.2 Å². The Hall–Kier alpha value is -1.47. The number of aryl methyl sites for hydroxylation is 1. The first-order valence-electron chi connectivity index (χ1n) is 7.11. The number of aliphatic imine (C=N–C) groups is 1. The second kappa shape index (κ2) is 7.87. The van der Waals surface area contributed by atoms with Crippen LogP contribution in [0, 0.1) is 12.7 Å². The van der Waals surface area contributed by atoms with Crippen LogP contribution in [-0.2, 0) is 16.0 Å². The van der Waals surface area contributed by atoms with Gasteiger partial charge in [0.1, 0.15) is 12.4 Å². The van der Waals surface area contributed by atoms with Crippen molar-refractivity contribution in [1.82, 2.24) is 0 Å². The molecule has 0 aliphatic carbocycles. The van der Waals surface area contributed by atoms with E-state index in [1.165, 1.54) is 6.92 Å². The van der Waals surface area contributed by atoms with Crippen molar-refractivity contribution >= 4 is 39.7 Å². The third-order valence-corrected chi connectivity index (χ3v) is 5.67. The van der Waals surface area contributed by atoms with Crippen LogP contribution in [0.15, 0.2) is 22.0 Å². The Kier molecular flexibility index (Phi) is 6.37. The van der Waals surface area contributed by atoms with E-state index in [1.54, 1.807) is 0 Å². The number of amides is 1. The molecular formula is C14H11F7N2O2S2. The van der Waals surface area contributed by atoms with Gasteiger partial charge in [-0.25, -0.2) is 4.39 Å². The summed E-state index contributed by atoms with van der Waals surface area (Å²) in [5.74, 6) is -3.85. The van der Waals surface area contributed by atoms with Gasteiger partial charge in [-0.1, -0.05) is 11.8 Å². The van der Waals surface area contributed by atoms with Crippen LogP contribution in [0.2, 0.25) is 0 Å². The van der Waals surface area contributed by atoms with Crippen molar-refractivity contribution in [1.29, 1.82) is 0 Å². The molecular weight excluding hydrogens is 425 g/mol. The van der Waals surface area contributed by atoms with Gasteiger partial charge in [0, 0.05) is 11.6 Å². The Morgan fingerprint density at radius 2 is 1.85 bits per heavy atom. The molecule has 1 aliphatic heterocycles. The van der Waals surface area contributed by atoms with Gasteiger partial charge in [-0.3, -0.25) is 14.7 Å². The number of thioether (sulfide) groups is 1. The number of benzene rings is 1. The predicted octanol–water partition coefficient (Wildman–Crippen LogP) is 3.80. The zero-order chi connectivity index (χ0) is 20.6. The number of hydrogen-bond donors (Lipinski definition) is 0. The van der Waals surface area contributed by atoms with Crippen molar-refractivity contribution in [3.8, 4) is 0 Å². The molecule has 0 aromatic heterocycles. The molecule has 0 bridgehead atoms. The molecule has 4 nitrogen and oxygen atoms in total. The highest BCUT2D eigenvalue weighted by Gasteiger charge is 2.38. The van der Waals surface area contributed by atoms with Gasteiger partial charge >= 0.3 is 12.4 Å². The van der Waals surface area contributed by atoms with E-state index in [0.717, 1.165) is 12.1 Å². The lowest BCUT2D eigenvalue weighted by molar-refractivity contribution is -0.118. The lowest BCUT2D eigenvalue weighted by Gasteiger charge is -2.20. The molecule has 1 saturated heterocycles. The molecule has 1 atom stereocenters. The SMILES string of the molecule is Cc1cc(F)c(N2C(=O)CSC2=NCC(F)(F)F)cc1[S+]([O-])CC(F)(F)F. The van der Waals surface area contributed by atoms with Crippen molar-refractivity contribution in [2.24, 2.45) is 4.99 Å². The Morgan fingerprint density at radius 3 is 2.41 bits per heavy atom. The number of hydrogen-bond acceptors (Lipinski definition) is 4. The summed E-state index contributed by atoms with van der Waals surface area (Å²) in [7, 11) is 0. The number of rotatable bonds is 4. The van der Waals surface area contributed by atoms with E-state index in [1.807, 2.05) is 0 Å². The molecule has 13 heteroatoms. The second-order valence-corrected chi connectivity index (χ2v) is 7.77. The van der Waals surface area contributed by atoms with Gasteiger partial charge in [0.2, 0.25) is 11.7 Å². The van der Waals surface area contributed by atoms with Crippen LogP contribution in [0.4, 0.5) is 36.4 Å². The van der Waals surface area contributed by atoms with Crippen molar-refractivity contribution in [2.75, 3.05) is 23.0 Å². The Morgan fingerprint density at radius 1 is 1.22 bits per heavy atom. The number of halogens is 7. The molecule has 0 saturated carbocycles. The van der Waals surface area contributed by atoms with Crippen molar-refractivity contribution in [3.05, 3.63) is 23.5 Å². The number of amidine groups is 1. The van der Waals surface area contributed by atoms with E-state index in [4.69, 9.17) is 0 Å². The highest BCUT2D eigenvalue weighted by atomic mass is 32.2. The summed E-state index contributed by atoms with van der Waals surface area (Å²) in [6.07, 6.45) is -9.40. The van der Waals surface area contributed by atoms with Gasteiger partial charge in [-0.2, -0.15) is 26.3 Å². The third-order valence-electron chi connectivity index (χ3n) is 3.18. The molecule has 1 amide bonds. The quantitative estimate of drug-likeness (QED) is 0.533. The molecule has 1 fully saturated rings. The second-order valence-electron chi connectivity index (χ2n) is 5.41. The summed E-state index contributed by atoms with van der Waals surface area (Å²) < 4.78 is 101. The summed E-state index contributed by atoms with van der Waals surface area (Å²) in [6.45, 7) is -0.380. The average Bonchev–Trinajstić information content (AvgIpc) is 2.84. The molecule has 150 valence electrons. The first-order valence-corrected chi connectivity index (χ1v) is 9.41. The Bertz CT molecular complexity index is 765. The van der Waals surface area contributed by atoms with Crippen LogP contribution in [0.3, 0.4) is 0 Å². The zero-order valence-corrected chi connectivity index (χ0v) is 15.1. The first-order chi connectivity index (χ1) is 12.3. The summed E-state index contributed by atoms with van der Waals surface area (Å²) in [5, 5.41) is -0.437. The number of carbonyl (C=O) groups is 1. The summed E-state index contributed by atoms with van der Waals surface area (Å²) in [6, 6.07) is 1.55. The van der Waals surface area contributed by atoms with E-state index >= 15 is 0 Å². The molecule has 27 heavy (non-hydrogen) atoms. The minimum Gasteiger partial charge on any atom is -0.611 e. The molecule has 0 N–H and O–H groups in total. The molecule has 1 heterocycles. The zero-order valence-electron chi connectivity index (χ0n) is 13.4.